The van der Waals surface area contributed by atoms with E-state index in [0.717, 1.165) is 45.1 Å². The molecule has 0 saturated heterocycles. The normalized spacial score (nSPS) is 25.6. The number of nitrogens with zero attached hydrogens (tertiary/aromatic N) is 2. The number of hydrogen-bond donors (Lipinski definition) is 1. The van der Waals surface area contributed by atoms with E-state index in [0.29, 0.717) is 22.4 Å². The van der Waals surface area contributed by atoms with Crippen molar-refractivity contribution in [2.75, 3.05) is 25.5 Å². The SMILES string of the molecule is CC1CCC(C(=O)N(c2cc(C#CC(C)(C)C)sc2C(=O)O)C2CC(CN(C)C)C2)CC1. The van der Waals surface area contributed by atoms with Crippen LogP contribution in [-0.4, -0.2) is 48.6 Å². The van der Waals surface area contributed by atoms with Crippen molar-refractivity contribution in [2.45, 2.75) is 72.3 Å². The molecular formula is C26H38N2O3S. The molecule has 0 bridgehead atoms. The molecule has 2 fully saturated rings. The first-order valence-corrected chi connectivity index (χ1v) is 12.6. The Labute approximate surface area is 197 Å². The molecule has 1 aromatic rings. The third-order valence-corrected chi connectivity index (χ3v) is 7.56. The van der Waals surface area contributed by atoms with Gasteiger partial charge in [0.2, 0.25) is 5.91 Å². The van der Waals surface area contributed by atoms with Crippen LogP contribution < -0.4 is 4.90 Å². The van der Waals surface area contributed by atoms with Gasteiger partial charge in [-0.2, -0.15) is 0 Å². The smallest absolute Gasteiger partial charge is 0.348 e. The highest BCUT2D eigenvalue weighted by atomic mass is 32.1. The molecule has 2 saturated carbocycles. The van der Waals surface area contributed by atoms with Crippen LogP contribution in [0.5, 0.6) is 0 Å². The molecule has 1 aromatic heterocycles. The van der Waals surface area contributed by atoms with Crippen molar-refractivity contribution in [3.05, 3.63) is 15.8 Å². The van der Waals surface area contributed by atoms with Crippen molar-refractivity contribution in [1.29, 1.82) is 0 Å². The lowest BCUT2D eigenvalue weighted by molar-refractivity contribution is -0.124. The van der Waals surface area contributed by atoms with E-state index in [-0.39, 0.29) is 28.2 Å². The number of carboxylic acid groups (broad SMARTS) is 1. The summed E-state index contributed by atoms with van der Waals surface area (Å²) < 4.78 is 0. The van der Waals surface area contributed by atoms with E-state index >= 15 is 0 Å². The Kier molecular flexibility index (Phi) is 7.73. The van der Waals surface area contributed by atoms with Crippen LogP contribution in [0.3, 0.4) is 0 Å². The molecule has 0 unspecified atom stereocenters. The van der Waals surface area contributed by atoms with Gasteiger partial charge in [-0.25, -0.2) is 4.79 Å². The van der Waals surface area contributed by atoms with Crippen molar-refractivity contribution in [1.82, 2.24) is 4.90 Å². The zero-order valence-corrected chi connectivity index (χ0v) is 21.2. The van der Waals surface area contributed by atoms with Crippen LogP contribution in [0, 0.1) is 35.0 Å². The van der Waals surface area contributed by atoms with Gasteiger partial charge in [-0.05, 0) is 91.3 Å². The van der Waals surface area contributed by atoms with Gasteiger partial charge in [-0.1, -0.05) is 18.8 Å². The van der Waals surface area contributed by atoms with Crippen LogP contribution in [-0.2, 0) is 4.79 Å². The number of carboxylic acids is 1. The lowest BCUT2D eigenvalue weighted by Crippen LogP contribution is -2.52. The van der Waals surface area contributed by atoms with E-state index in [2.05, 4.69) is 37.8 Å². The summed E-state index contributed by atoms with van der Waals surface area (Å²) in [7, 11) is 4.14. The van der Waals surface area contributed by atoms with Crippen LogP contribution in [0.1, 0.15) is 80.8 Å². The molecule has 0 aliphatic heterocycles. The maximum Gasteiger partial charge on any atom is 0.348 e. The fraction of sp³-hybridized carbons (Fsp3) is 0.692. The topological polar surface area (TPSA) is 60.9 Å². The Morgan fingerprint density at radius 1 is 1.16 bits per heavy atom. The van der Waals surface area contributed by atoms with Crippen molar-refractivity contribution >= 4 is 28.9 Å². The molecule has 176 valence electrons. The molecule has 0 spiro atoms. The zero-order chi connectivity index (χ0) is 23.6. The third-order valence-electron chi connectivity index (χ3n) is 6.53. The Balaban J connectivity index is 1.93. The van der Waals surface area contributed by atoms with Crippen LogP contribution in [0.4, 0.5) is 5.69 Å². The van der Waals surface area contributed by atoms with Crippen molar-refractivity contribution in [3.8, 4) is 11.8 Å². The summed E-state index contributed by atoms with van der Waals surface area (Å²) >= 11 is 1.19. The lowest BCUT2D eigenvalue weighted by atomic mass is 9.77. The maximum atomic E-state index is 13.8. The van der Waals surface area contributed by atoms with Gasteiger partial charge in [0.1, 0.15) is 4.88 Å². The van der Waals surface area contributed by atoms with Gasteiger partial charge >= 0.3 is 5.97 Å². The average molecular weight is 459 g/mol. The largest absolute Gasteiger partial charge is 0.477 e. The van der Waals surface area contributed by atoms with Crippen LogP contribution in [0.25, 0.3) is 0 Å². The average Bonchev–Trinajstić information content (AvgIpc) is 3.08. The van der Waals surface area contributed by atoms with Gasteiger partial charge in [-0.3, -0.25) is 4.79 Å². The van der Waals surface area contributed by atoms with Crippen molar-refractivity contribution in [3.63, 3.8) is 0 Å². The fourth-order valence-electron chi connectivity index (χ4n) is 4.80. The van der Waals surface area contributed by atoms with Gasteiger partial charge < -0.3 is 14.9 Å². The molecule has 1 N–H and O–H groups in total. The highest BCUT2D eigenvalue weighted by Crippen LogP contribution is 2.41. The molecule has 0 atom stereocenters. The second-order valence-electron chi connectivity index (χ2n) is 11.0. The molecule has 1 amide bonds. The minimum atomic E-state index is -0.979. The van der Waals surface area contributed by atoms with Gasteiger partial charge in [-0.15, -0.1) is 11.3 Å². The maximum absolute atomic E-state index is 13.8. The lowest BCUT2D eigenvalue weighted by Gasteiger charge is -2.45. The molecule has 0 aromatic carbocycles. The van der Waals surface area contributed by atoms with Crippen molar-refractivity contribution in [2.24, 2.45) is 23.2 Å². The predicted molar refractivity (Wildman–Crippen MR) is 131 cm³/mol. The molecule has 2 aliphatic carbocycles. The minimum absolute atomic E-state index is 0.00949. The van der Waals surface area contributed by atoms with Gasteiger partial charge in [0.25, 0.3) is 0 Å². The summed E-state index contributed by atoms with van der Waals surface area (Å²) in [6, 6.07) is 1.91. The predicted octanol–water partition coefficient (Wildman–Crippen LogP) is 5.34. The number of anilines is 1. The van der Waals surface area contributed by atoms with Crippen LogP contribution in [0.15, 0.2) is 6.07 Å². The Hall–Kier alpha value is -1.84. The molecule has 6 heteroatoms. The van der Waals surface area contributed by atoms with Crippen LogP contribution >= 0.6 is 11.3 Å². The number of amides is 1. The van der Waals surface area contributed by atoms with E-state index < -0.39 is 5.97 Å². The van der Waals surface area contributed by atoms with E-state index in [4.69, 9.17) is 0 Å². The summed E-state index contributed by atoms with van der Waals surface area (Å²) in [5.41, 5.74) is 0.382. The third kappa shape index (κ3) is 6.14. The monoisotopic (exact) mass is 458 g/mol. The standard InChI is InChI=1S/C26H38N2O3S/c1-17-7-9-19(10-8-17)24(29)28(20-13-18(14-20)16-27(5)6)22-15-21(11-12-26(2,3)4)32-23(22)25(30)31/h15,17-20H,7-10,13-14,16H2,1-6H3,(H,30,31). The van der Waals surface area contributed by atoms with E-state index in [1.54, 1.807) is 0 Å². The number of carbonyl (C=O) groups is 2. The molecule has 1 heterocycles. The van der Waals surface area contributed by atoms with E-state index in [1.807, 2.05) is 31.7 Å². The summed E-state index contributed by atoms with van der Waals surface area (Å²) in [6.45, 7) is 9.35. The minimum Gasteiger partial charge on any atom is -0.477 e. The molecule has 5 nitrogen and oxygen atoms in total. The highest BCUT2D eigenvalue weighted by Gasteiger charge is 2.41. The first-order valence-electron chi connectivity index (χ1n) is 11.8. The van der Waals surface area contributed by atoms with E-state index in [1.165, 1.54) is 11.3 Å². The second kappa shape index (κ2) is 9.97. The first-order chi connectivity index (χ1) is 14.9. The number of thiophene rings is 1. The summed E-state index contributed by atoms with van der Waals surface area (Å²) in [6.07, 6.45) is 5.77. The summed E-state index contributed by atoms with van der Waals surface area (Å²) in [5, 5.41) is 9.94. The van der Waals surface area contributed by atoms with Crippen LogP contribution in [0.2, 0.25) is 0 Å². The fourth-order valence-corrected chi connectivity index (χ4v) is 5.64. The number of hydrogen-bond acceptors (Lipinski definition) is 4. The van der Waals surface area contributed by atoms with Gasteiger partial charge in [0.05, 0.1) is 10.6 Å². The molecule has 0 radical (unpaired) electrons. The van der Waals surface area contributed by atoms with E-state index in [9.17, 15) is 14.7 Å². The number of carbonyl (C=O) groups excluding carboxylic acids is 1. The molecule has 32 heavy (non-hydrogen) atoms. The number of rotatable bonds is 6. The second-order valence-corrected chi connectivity index (χ2v) is 12.1. The Morgan fingerprint density at radius 2 is 1.78 bits per heavy atom. The van der Waals surface area contributed by atoms with Gasteiger partial charge in [0.15, 0.2) is 0 Å². The zero-order valence-electron chi connectivity index (χ0n) is 20.4. The molecule has 3 rings (SSSR count). The Bertz CT molecular complexity index is 888. The molecule has 2 aliphatic rings. The summed E-state index contributed by atoms with van der Waals surface area (Å²) in [4.78, 5) is 30.9. The van der Waals surface area contributed by atoms with Crippen molar-refractivity contribution < 1.29 is 14.7 Å². The first kappa shape index (κ1) is 24.8. The molecular weight excluding hydrogens is 420 g/mol. The quantitative estimate of drug-likeness (QED) is 0.584. The van der Waals surface area contributed by atoms with Gasteiger partial charge in [0, 0.05) is 23.9 Å². The Morgan fingerprint density at radius 3 is 2.31 bits per heavy atom. The summed E-state index contributed by atoms with van der Waals surface area (Å²) in [5.74, 6) is 6.68. The number of aromatic carboxylic acids is 1. The highest BCUT2D eigenvalue weighted by molar-refractivity contribution is 7.15.